The number of carboxylic acids is 1. The first kappa shape index (κ1) is 12.0. The van der Waals surface area contributed by atoms with Crippen molar-refractivity contribution >= 4 is 22.6 Å². The molecule has 0 spiro atoms. The predicted molar refractivity (Wildman–Crippen MR) is 68.1 cm³/mol. The number of anilines is 1. The maximum Gasteiger partial charge on any atom is 0.358 e. The van der Waals surface area contributed by atoms with Gasteiger partial charge in [0, 0.05) is 5.39 Å². The summed E-state index contributed by atoms with van der Waals surface area (Å²) in [6, 6.07) is 7.14. The smallest absolute Gasteiger partial charge is 0.358 e. The van der Waals surface area contributed by atoms with Crippen LogP contribution in [-0.2, 0) is 6.54 Å². The van der Waals surface area contributed by atoms with Crippen molar-refractivity contribution in [2.75, 3.05) is 5.32 Å². The predicted octanol–water partition coefficient (Wildman–Crippen LogP) is 1.32. The molecule has 8 nitrogen and oxygen atoms in total. The summed E-state index contributed by atoms with van der Waals surface area (Å²) >= 11 is 0. The zero-order chi connectivity index (χ0) is 13.9. The van der Waals surface area contributed by atoms with E-state index in [2.05, 4.69) is 30.2 Å². The Morgan fingerprint density at radius 1 is 1.30 bits per heavy atom. The number of carboxylic acid groups (broad SMARTS) is 1. The molecule has 2 aromatic heterocycles. The molecule has 0 bridgehead atoms. The van der Waals surface area contributed by atoms with Crippen LogP contribution in [0.15, 0.2) is 35.2 Å². The van der Waals surface area contributed by atoms with Crippen LogP contribution in [0.2, 0.25) is 0 Å². The number of nitrogens with one attached hydrogen (secondary N) is 1. The van der Waals surface area contributed by atoms with E-state index >= 15 is 0 Å². The molecule has 2 N–H and O–H groups in total. The van der Waals surface area contributed by atoms with E-state index in [0.717, 1.165) is 0 Å². The number of benzene rings is 1. The van der Waals surface area contributed by atoms with Crippen molar-refractivity contribution in [1.29, 1.82) is 0 Å². The Morgan fingerprint density at radius 3 is 2.90 bits per heavy atom. The molecule has 0 aliphatic rings. The molecule has 0 amide bonds. The Morgan fingerprint density at radius 2 is 2.15 bits per heavy atom. The largest absolute Gasteiger partial charge is 0.476 e. The first-order chi connectivity index (χ1) is 9.75. The van der Waals surface area contributed by atoms with Gasteiger partial charge in [-0.15, -0.1) is 10.2 Å². The number of aromatic carboxylic acids is 1. The van der Waals surface area contributed by atoms with Gasteiger partial charge in [0.25, 0.3) is 0 Å². The lowest BCUT2D eigenvalue weighted by Crippen LogP contribution is -2.11. The summed E-state index contributed by atoms with van der Waals surface area (Å²) in [5.74, 6) is -0.735. The second kappa shape index (κ2) is 4.92. The first-order valence-corrected chi connectivity index (χ1v) is 5.73. The molecule has 3 aromatic rings. The molecule has 3 rings (SSSR count). The van der Waals surface area contributed by atoms with Gasteiger partial charge >= 0.3 is 5.97 Å². The van der Waals surface area contributed by atoms with Crippen LogP contribution in [0.3, 0.4) is 0 Å². The average molecular weight is 271 g/mol. The third-order valence-electron chi connectivity index (χ3n) is 2.70. The van der Waals surface area contributed by atoms with Gasteiger partial charge in [-0.05, 0) is 6.07 Å². The van der Waals surface area contributed by atoms with Gasteiger partial charge in [0.15, 0.2) is 11.5 Å². The highest BCUT2D eigenvalue weighted by Gasteiger charge is 2.16. The molecule has 0 unspecified atom stereocenters. The maximum absolute atomic E-state index is 11.2. The third kappa shape index (κ3) is 2.14. The van der Waals surface area contributed by atoms with Gasteiger partial charge in [0.1, 0.15) is 0 Å². The molecule has 100 valence electrons. The minimum Gasteiger partial charge on any atom is -0.476 e. The molecule has 1 aromatic carbocycles. The normalized spacial score (nSPS) is 10.6. The lowest BCUT2D eigenvalue weighted by atomic mass is 10.1. The topological polar surface area (TPSA) is 114 Å². The van der Waals surface area contributed by atoms with Gasteiger partial charge in [-0.3, -0.25) is 0 Å². The molecular formula is C12H9N5O3. The summed E-state index contributed by atoms with van der Waals surface area (Å²) in [6.45, 7) is 0.229. The summed E-state index contributed by atoms with van der Waals surface area (Å²) in [7, 11) is 0. The highest BCUT2D eigenvalue weighted by Crippen LogP contribution is 2.24. The van der Waals surface area contributed by atoms with Gasteiger partial charge in [-0.1, -0.05) is 23.4 Å². The number of aromatic nitrogens is 4. The third-order valence-corrected chi connectivity index (χ3v) is 2.70. The number of fused-ring (bicyclic) bond motifs is 1. The van der Waals surface area contributed by atoms with Gasteiger partial charge in [0.2, 0.25) is 6.39 Å². The lowest BCUT2D eigenvalue weighted by molar-refractivity contribution is 0.0690. The maximum atomic E-state index is 11.2. The molecule has 0 atom stereocenters. The standard InChI is InChI=1S/C12H9N5O3/c18-12(19)11-10(13-5-9-14-6-20-17-9)7-3-1-2-4-8(7)15-16-11/h1-4,6H,5H2,(H,13,15)(H,18,19). The number of hydrogen-bond donors (Lipinski definition) is 2. The van der Waals surface area contributed by atoms with Crippen LogP contribution in [0.1, 0.15) is 16.3 Å². The van der Waals surface area contributed by atoms with Crippen LogP contribution in [0.5, 0.6) is 0 Å². The van der Waals surface area contributed by atoms with E-state index < -0.39 is 5.97 Å². The van der Waals surface area contributed by atoms with Crippen LogP contribution in [0.25, 0.3) is 10.9 Å². The second-order valence-corrected chi connectivity index (χ2v) is 3.95. The van der Waals surface area contributed by atoms with Crippen LogP contribution >= 0.6 is 0 Å². The van der Waals surface area contributed by atoms with Crippen molar-refractivity contribution in [2.45, 2.75) is 6.54 Å². The van der Waals surface area contributed by atoms with Gasteiger partial charge in [-0.2, -0.15) is 4.98 Å². The van der Waals surface area contributed by atoms with Crippen LogP contribution in [0.4, 0.5) is 5.69 Å². The van der Waals surface area contributed by atoms with Crippen molar-refractivity contribution in [1.82, 2.24) is 20.3 Å². The van der Waals surface area contributed by atoms with E-state index in [1.807, 2.05) is 0 Å². The summed E-state index contributed by atoms with van der Waals surface area (Å²) in [5.41, 5.74) is 0.841. The Kier molecular flexibility index (Phi) is 2.96. The molecule has 8 heteroatoms. The molecule has 0 aliphatic carbocycles. The molecule has 0 aliphatic heterocycles. The van der Waals surface area contributed by atoms with E-state index in [9.17, 15) is 9.90 Å². The summed E-state index contributed by atoms with van der Waals surface area (Å²) < 4.78 is 4.62. The van der Waals surface area contributed by atoms with E-state index in [1.165, 1.54) is 6.39 Å². The molecule has 2 heterocycles. The Bertz CT molecular complexity index is 757. The van der Waals surface area contributed by atoms with Crippen molar-refractivity contribution in [3.05, 3.63) is 42.2 Å². The minimum absolute atomic E-state index is 0.146. The van der Waals surface area contributed by atoms with Crippen LogP contribution in [-0.4, -0.2) is 31.4 Å². The first-order valence-electron chi connectivity index (χ1n) is 5.73. The van der Waals surface area contributed by atoms with Crippen molar-refractivity contribution in [3.63, 3.8) is 0 Å². The highest BCUT2D eigenvalue weighted by atomic mass is 16.5. The van der Waals surface area contributed by atoms with Gasteiger partial charge in [-0.25, -0.2) is 4.79 Å². The molecule has 0 fully saturated rings. The van der Waals surface area contributed by atoms with Crippen LogP contribution in [0, 0.1) is 0 Å². The van der Waals surface area contributed by atoms with Crippen molar-refractivity contribution in [3.8, 4) is 0 Å². The summed E-state index contributed by atoms with van der Waals surface area (Å²) in [4.78, 5) is 15.1. The monoisotopic (exact) mass is 271 g/mol. The van der Waals surface area contributed by atoms with E-state index in [-0.39, 0.29) is 12.2 Å². The number of carbonyl (C=O) groups is 1. The van der Waals surface area contributed by atoms with E-state index in [1.54, 1.807) is 24.3 Å². The minimum atomic E-state index is -1.15. The fourth-order valence-corrected chi connectivity index (χ4v) is 1.82. The summed E-state index contributed by atoms with van der Waals surface area (Å²) in [5, 5.41) is 24.1. The molecule has 0 saturated heterocycles. The van der Waals surface area contributed by atoms with Crippen molar-refractivity contribution in [2.24, 2.45) is 0 Å². The Labute approximate surface area is 112 Å². The van der Waals surface area contributed by atoms with E-state index in [0.29, 0.717) is 22.4 Å². The second-order valence-electron chi connectivity index (χ2n) is 3.95. The fourth-order valence-electron chi connectivity index (χ4n) is 1.82. The molecule has 0 radical (unpaired) electrons. The zero-order valence-electron chi connectivity index (χ0n) is 10.1. The SMILES string of the molecule is O=C(O)c1nnc2ccccc2c1NCc1ncon1. The van der Waals surface area contributed by atoms with E-state index in [4.69, 9.17) is 0 Å². The average Bonchev–Trinajstić information content (AvgIpc) is 2.97. The van der Waals surface area contributed by atoms with Crippen molar-refractivity contribution < 1.29 is 14.4 Å². The van der Waals surface area contributed by atoms with Crippen LogP contribution < -0.4 is 5.32 Å². The zero-order valence-corrected chi connectivity index (χ0v) is 10.1. The Hall–Kier alpha value is -3.03. The van der Waals surface area contributed by atoms with Gasteiger partial charge < -0.3 is 14.9 Å². The highest BCUT2D eigenvalue weighted by molar-refractivity contribution is 6.02. The molecule has 0 saturated carbocycles. The molecule has 20 heavy (non-hydrogen) atoms. The number of rotatable bonds is 4. The van der Waals surface area contributed by atoms with Gasteiger partial charge in [0.05, 0.1) is 17.7 Å². The molecular weight excluding hydrogens is 262 g/mol. The fraction of sp³-hybridized carbons (Fsp3) is 0.0833. The lowest BCUT2D eigenvalue weighted by Gasteiger charge is -2.09. The number of hydrogen-bond acceptors (Lipinski definition) is 7. The Balaban J connectivity index is 2.05. The number of nitrogens with zero attached hydrogens (tertiary/aromatic N) is 4. The summed E-state index contributed by atoms with van der Waals surface area (Å²) in [6.07, 6.45) is 1.21. The quantitative estimate of drug-likeness (QED) is 0.730.